The lowest BCUT2D eigenvalue weighted by molar-refractivity contribution is 0.167. The van der Waals surface area contributed by atoms with Crippen LogP contribution in [0, 0.1) is 0 Å². The Bertz CT molecular complexity index is 1220. The molecule has 0 aliphatic carbocycles. The molecule has 3 aromatic carbocycles. The van der Waals surface area contributed by atoms with Gasteiger partial charge in [-0.05, 0) is 53.8 Å². The summed E-state index contributed by atoms with van der Waals surface area (Å²) in [6.07, 6.45) is 0.997. The Morgan fingerprint density at radius 2 is 1.56 bits per heavy atom. The van der Waals surface area contributed by atoms with E-state index in [1.165, 1.54) is 12.1 Å². The van der Waals surface area contributed by atoms with Crippen LogP contribution >= 0.6 is 23.2 Å². The number of aromatic hydroxyl groups is 2. The van der Waals surface area contributed by atoms with Gasteiger partial charge < -0.3 is 20.6 Å². The first-order chi connectivity index (χ1) is 16.0. The van der Waals surface area contributed by atoms with Gasteiger partial charge in [-0.25, -0.2) is 8.42 Å². The van der Waals surface area contributed by atoms with Gasteiger partial charge in [0.25, 0.3) is 0 Å². The largest absolute Gasteiger partial charge is 0.506 e. The molecule has 0 aliphatic rings. The molecule has 0 bridgehead atoms. The van der Waals surface area contributed by atoms with Crippen molar-refractivity contribution >= 4 is 38.9 Å². The van der Waals surface area contributed by atoms with Crippen LogP contribution < -0.4 is 10.0 Å². The number of sulfonamides is 1. The van der Waals surface area contributed by atoms with Gasteiger partial charge in [-0.3, -0.25) is 4.72 Å². The lowest BCUT2D eigenvalue weighted by Gasteiger charge is -2.22. The summed E-state index contributed by atoms with van der Waals surface area (Å²) >= 11 is 12.3. The quantitative estimate of drug-likeness (QED) is 0.253. The molecule has 34 heavy (non-hydrogen) atoms. The summed E-state index contributed by atoms with van der Waals surface area (Å²) in [5, 5.41) is 34.1. The number of anilines is 1. The third-order valence-electron chi connectivity index (χ3n) is 5.15. The predicted octanol–water partition coefficient (Wildman–Crippen LogP) is 4.25. The minimum Gasteiger partial charge on any atom is -0.506 e. The van der Waals surface area contributed by atoms with Crippen LogP contribution in [0.3, 0.4) is 0 Å². The summed E-state index contributed by atoms with van der Waals surface area (Å²) in [4.78, 5) is 0. The molecule has 1 unspecified atom stereocenters. The topological polar surface area (TPSA) is 119 Å². The Hall–Kier alpha value is -2.49. The summed E-state index contributed by atoms with van der Waals surface area (Å²) in [7, 11) is -3.56. The predicted molar refractivity (Wildman–Crippen MR) is 135 cm³/mol. The third-order valence-corrected chi connectivity index (χ3v) is 6.32. The van der Waals surface area contributed by atoms with E-state index in [4.69, 9.17) is 23.2 Å². The fourth-order valence-electron chi connectivity index (χ4n) is 3.56. The molecule has 182 valence electrons. The maximum absolute atomic E-state index is 11.5. The van der Waals surface area contributed by atoms with Crippen LogP contribution in [-0.4, -0.2) is 42.6 Å². The van der Waals surface area contributed by atoms with Gasteiger partial charge in [0.1, 0.15) is 5.75 Å². The van der Waals surface area contributed by atoms with Crippen molar-refractivity contribution in [3.63, 3.8) is 0 Å². The number of phenols is 2. The number of aliphatic hydroxyl groups is 1. The fourth-order valence-corrected chi connectivity index (χ4v) is 4.63. The van der Waals surface area contributed by atoms with Crippen LogP contribution in [0.25, 0.3) is 0 Å². The number of hydrogen-bond donors (Lipinski definition) is 5. The van der Waals surface area contributed by atoms with E-state index in [1.807, 2.05) is 30.3 Å². The van der Waals surface area contributed by atoms with Crippen LogP contribution in [0.5, 0.6) is 11.5 Å². The number of phenolic OH excluding ortho intramolecular Hbond substituents is 2. The summed E-state index contributed by atoms with van der Waals surface area (Å²) < 4.78 is 25.3. The molecular weight excluding hydrogens is 499 g/mol. The lowest BCUT2D eigenvalue weighted by atomic mass is 9.98. The van der Waals surface area contributed by atoms with Crippen LogP contribution in [0.15, 0.2) is 60.7 Å². The average molecular weight is 525 g/mol. The van der Waals surface area contributed by atoms with Crippen LogP contribution in [0.1, 0.15) is 22.7 Å². The molecule has 0 aromatic heterocycles. The molecule has 7 nitrogen and oxygen atoms in total. The van der Waals surface area contributed by atoms with Crippen molar-refractivity contribution in [1.82, 2.24) is 5.32 Å². The molecule has 2 atom stereocenters. The van der Waals surface area contributed by atoms with Crippen molar-refractivity contribution in [3.8, 4) is 11.5 Å². The number of rotatable bonds is 10. The zero-order valence-electron chi connectivity index (χ0n) is 18.4. The maximum atomic E-state index is 11.5. The molecule has 0 aliphatic heterocycles. The van der Waals surface area contributed by atoms with Crippen LogP contribution in [0.2, 0.25) is 10.0 Å². The van der Waals surface area contributed by atoms with E-state index in [0.29, 0.717) is 12.0 Å². The summed E-state index contributed by atoms with van der Waals surface area (Å²) in [5.74, 6) is -0.387. The molecule has 0 heterocycles. The number of halogens is 2. The average Bonchev–Trinajstić information content (AvgIpc) is 2.76. The second kappa shape index (κ2) is 11.3. The standard InChI is InChI=1S/C24H26Cl2N2O5S/c1-34(32,33)28-22-11-16(7-8-23(22)30)9-18(29)14-27-21(10-15-5-3-2-4-6-15)17-12-19(25)24(31)20(26)13-17/h2-8,11-13,18,21,27-31H,9-10,14H2,1H3/t18-,21?/m0/s1. The highest BCUT2D eigenvalue weighted by Crippen LogP contribution is 2.35. The molecule has 0 amide bonds. The van der Waals surface area contributed by atoms with Gasteiger partial charge in [-0.1, -0.05) is 59.6 Å². The molecule has 10 heteroatoms. The first-order valence-electron chi connectivity index (χ1n) is 10.4. The zero-order valence-corrected chi connectivity index (χ0v) is 20.7. The Balaban J connectivity index is 1.74. The Morgan fingerprint density at radius 3 is 2.18 bits per heavy atom. The van der Waals surface area contributed by atoms with Gasteiger partial charge >= 0.3 is 0 Å². The molecule has 3 rings (SSSR count). The van der Waals surface area contributed by atoms with Gasteiger partial charge in [0.05, 0.1) is 28.1 Å². The summed E-state index contributed by atoms with van der Waals surface area (Å²) in [6.45, 7) is 0.212. The van der Waals surface area contributed by atoms with Gasteiger partial charge in [0.15, 0.2) is 5.75 Å². The number of nitrogens with one attached hydrogen (secondary N) is 2. The number of hydrogen-bond acceptors (Lipinski definition) is 6. The summed E-state index contributed by atoms with van der Waals surface area (Å²) in [6, 6.07) is 17.3. The first-order valence-corrected chi connectivity index (χ1v) is 13.1. The van der Waals surface area contributed by atoms with E-state index in [1.54, 1.807) is 18.2 Å². The maximum Gasteiger partial charge on any atom is 0.229 e. The molecule has 0 saturated carbocycles. The molecule has 0 spiro atoms. The van der Waals surface area contributed by atoms with Crippen molar-refractivity contribution in [3.05, 3.63) is 87.4 Å². The minimum atomic E-state index is -3.56. The van der Waals surface area contributed by atoms with E-state index < -0.39 is 16.1 Å². The lowest BCUT2D eigenvalue weighted by Crippen LogP contribution is -2.32. The molecule has 3 aromatic rings. The minimum absolute atomic E-state index is 0.0514. The van der Waals surface area contributed by atoms with Crippen molar-refractivity contribution in [2.75, 3.05) is 17.5 Å². The number of benzene rings is 3. The monoisotopic (exact) mass is 524 g/mol. The van der Waals surface area contributed by atoms with E-state index in [9.17, 15) is 23.7 Å². The second-order valence-corrected chi connectivity index (χ2v) is 10.6. The van der Waals surface area contributed by atoms with Gasteiger partial charge in [-0.15, -0.1) is 0 Å². The van der Waals surface area contributed by atoms with Crippen molar-refractivity contribution < 1.29 is 23.7 Å². The number of aliphatic hydroxyl groups excluding tert-OH is 1. The van der Waals surface area contributed by atoms with E-state index in [0.717, 1.165) is 17.4 Å². The zero-order chi connectivity index (χ0) is 24.9. The summed E-state index contributed by atoms with van der Waals surface area (Å²) in [5.41, 5.74) is 2.52. The molecule has 5 N–H and O–H groups in total. The van der Waals surface area contributed by atoms with E-state index >= 15 is 0 Å². The Morgan fingerprint density at radius 1 is 0.912 bits per heavy atom. The highest BCUT2D eigenvalue weighted by Gasteiger charge is 2.18. The highest BCUT2D eigenvalue weighted by molar-refractivity contribution is 7.92. The van der Waals surface area contributed by atoms with Gasteiger partial charge in [0, 0.05) is 12.6 Å². The van der Waals surface area contributed by atoms with E-state index in [2.05, 4.69) is 10.0 Å². The second-order valence-electron chi connectivity index (χ2n) is 8.07. The van der Waals surface area contributed by atoms with Gasteiger partial charge in [-0.2, -0.15) is 0 Å². The van der Waals surface area contributed by atoms with E-state index in [-0.39, 0.29) is 46.2 Å². The molecule has 0 fully saturated rings. The Kier molecular flexibility index (Phi) is 8.67. The fraction of sp³-hybridized carbons (Fsp3) is 0.250. The molecule has 0 radical (unpaired) electrons. The molecular formula is C24H26Cl2N2O5S. The van der Waals surface area contributed by atoms with Crippen LogP contribution in [0.4, 0.5) is 5.69 Å². The first kappa shape index (κ1) is 26.1. The van der Waals surface area contributed by atoms with Crippen molar-refractivity contribution in [1.29, 1.82) is 0 Å². The van der Waals surface area contributed by atoms with Crippen molar-refractivity contribution in [2.24, 2.45) is 0 Å². The SMILES string of the molecule is CS(=O)(=O)Nc1cc(C[C@H](O)CNC(Cc2ccccc2)c2cc(Cl)c(O)c(Cl)c2)ccc1O. The molecule has 0 saturated heterocycles. The van der Waals surface area contributed by atoms with Gasteiger partial charge in [0.2, 0.25) is 10.0 Å². The smallest absolute Gasteiger partial charge is 0.229 e. The Labute approximate surface area is 209 Å². The third kappa shape index (κ3) is 7.51. The van der Waals surface area contributed by atoms with Crippen LogP contribution in [-0.2, 0) is 22.9 Å². The highest BCUT2D eigenvalue weighted by atomic mass is 35.5. The normalized spacial score (nSPS) is 13.4. The van der Waals surface area contributed by atoms with Crippen molar-refractivity contribution in [2.45, 2.75) is 25.0 Å².